The third-order valence-corrected chi connectivity index (χ3v) is 3.78. The van der Waals surface area contributed by atoms with Crippen LogP contribution < -0.4 is 30.4 Å². The van der Waals surface area contributed by atoms with E-state index in [9.17, 15) is 9.59 Å². The maximum Gasteiger partial charge on any atom is 0.337 e. The van der Waals surface area contributed by atoms with Crippen molar-refractivity contribution in [3.05, 3.63) is 47.0 Å². The van der Waals surface area contributed by atoms with Gasteiger partial charge in [-0.1, -0.05) is 17.7 Å². The Balaban J connectivity index is 2.11. The summed E-state index contributed by atoms with van der Waals surface area (Å²) in [6, 6.07) is 9.07. The number of rotatable bonds is 8. The summed E-state index contributed by atoms with van der Waals surface area (Å²) in [6.45, 7) is 6.68. The number of urea groups is 1. The monoisotopic (exact) mass is 421 g/mol. The molecule has 2 aromatic carbocycles. The number of hydrogen-bond acceptors (Lipinski definition) is 5. The largest absolute Gasteiger partial charge is 0.490 e. The van der Waals surface area contributed by atoms with Gasteiger partial charge in [-0.2, -0.15) is 0 Å². The summed E-state index contributed by atoms with van der Waals surface area (Å²) in [5.74, 6) is 0.651. The number of nitrogens with one attached hydrogen (secondary N) is 3. The van der Waals surface area contributed by atoms with Crippen LogP contribution in [0.2, 0.25) is 5.02 Å². The Hall–Kier alpha value is -3.13. The van der Waals surface area contributed by atoms with Crippen molar-refractivity contribution in [2.45, 2.75) is 20.8 Å². The normalized spacial score (nSPS) is 10.1. The van der Waals surface area contributed by atoms with Crippen LogP contribution >= 0.6 is 11.6 Å². The van der Waals surface area contributed by atoms with E-state index in [1.807, 2.05) is 20.8 Å². The molecule has 0 aliphatic carbocycles. The molecule has 0 bridgehead atoms. The van der Waals surface area contributed by atoms with E-state index >= 15 is 0 Å². The third kappa shape index (κ3) is 6.46. The molecule has 2 aromatic rings. The lowest BCUT2D eigenvalue weighted by atomic mass is 10.1. The first-order valence-corrected chi connectivity index (χ1v) is 9.55. The minimum Gasteiger partial charge on any atom is -0.490 e. The number of ether oxygens (including phenoxy) is 3. The van der Waals surface area contributed by atoms with E-state index < -0.39 is 11.9 Å². The number of hydrogen-bond donors (Lipinski definition) is 3. The molecule has 156 valence electrons. The lowest BCUT2D eigenvalue weighted by Gasteiger charge is -2.17. The molecule has 0 fully saturated rings. The second kappa shape index (κ2) is 11.0. The highest BCUT2D eigenvalue weighted by molar-refractivity contribution is 6.30. The van der Waals surface area contributed by atoms with Crippen molar-refractivity contribution >= 4 is 29.2 Å². The quantitative estimate of drug-likeness (QED) is 0.559. The number of anilines is 1. The zero-order valence-corrected chi connectivity index (χ0v) is 17.3. The molecular formula is C20H24ClN3O5. The van der Waals surface area contributed by atoms with Crippen molar-refractivity contribution < 1.29 is 23.8 Å². The fourth-order valence-corrected chi connectivity index (χ4v) is 2.62. The Morgan fingerprint density at radius 2 is 1.52 bits per heavy atom. The highest BCUT2D eigenvalue weighted by Crippen LogP contribution is 2.39. The van der Waals surface area contributed by atoms with Crippen molar-refractivity contribution in [1.82, 2.24) is 10.9 Å². The molecule has 2 rings (SSSR count). The molecule has 0 saturated carbocycles. The van der Waals surface area contributed by atoms with Crippen LogP contribution in [0.3, 0.4) is 0 Å². The molecule has 3 amide bonds. The standard InChI is InChI=1S/C20H24ClN3O5/c1-4-27-16-10-13(11-17(28-5-2)18(16)29-6-3)19(25)23-24-20(26)22-15-9-7-8-14(21)12-15/h7-12H,4-6H2,1-3H3,(H,23,25)(H2,22,24,26). The van der Waals surface area contributed by atoms with Gasteiger partial charge in [0.25, 0.3) is 5.91 Å². The summed E-state index contributed by atoms with van der Waals surface area (Å²) in [5, 5.41) is 3.04. The smallest absolute Gasteiger partial charge is 0.337 e. The number of carbonyl (C=O) groups is 2. The summed E-state index contributed by atoms with van der Waals surface area (Å²) in [6.07, 6.45) is 0. The van der Waals surface area contributed by atoms with Crippen molar-refractivity contribution in [3.8, 4) is 17.2 Å². The number of hydrazine groups is 1. The molecule has 0 unspecified atom stereocenters. The molecule has 0 saturated heterocycles. The average Bonchev–Trinajstić information content (AvgIpc) is 2.68. The predicted molar refractivity (Wildman–Crippen MR) is 111 cm³/mol. The van der Waals surface area contributed by atoms with Crippen molar-refractivity contribution in [3.63, 3.8) is 0 Å². The van der Waals surface area contributed by atoms with Crippen LogP contribution in [0.4, 0.5) is 10.5 Å². The van der Waals surface area contributed by atoms with E-state index in [1.165, 1.54) is 12.1 Å². The van der Waals surface area contributed by atoms with Crippen LogP contribution in [-0.2, 0) is 0 Å². The molecule has 0 atom stereocenters. The van der Waals surface area contributed by atoms with E-state index in [1.54, 1.807) is 24.3 Å². The fraction of sp³-hybridized carbons (Fsp3) is 0.300. The minimum atomic E-state index is -0.624. The van der Waals surface area contributed by atoms with Crippen LogP contribution in [-0.4, -0.2) is 31.8 Å². The summed E-state index contributed by atoms with van der Waals surface area (Å²) in [7, 11) is 0. The first-order chi connectivity index (χ1) is 14.0. The first-order valence-electron chi connectivity index (χ1n) is 9.17. The van der Waals surface area contributed by atoms with Gasteiger partial charge < -0.3 is 19.5 Å². The Bertz CT molecular complexity index is 833. The molecule has 0 spiro atoms. The van der Waals surface area contributed by atoms with Gasteiger partial charge in [0.2, 0.25) is 5.75 Å². The second-order valence-electron chi connectivity index (χ2n) is 5.64. The number of carbonyl (C=O) groups excluding carboxylic acids is 2. The zero-order chi connectivity index (χ0) is 21.2. The molecule has 0 heterocycles. The number of halogens is 1. The van der Waals surface area contributed by atoms with Gasteiger partial charge in [0.05, 0.1) is 19.8 Å². The van der Waals surface area contributed by atoms with Gasteiger partial charge in [0.1, 0.15) is 0 Å². The summed E-state index contributed by atoms with van der Waals surface area (Å²) in [4.78, 5) is 24.5. The van der Waals surface area contributed by atoms with Crippen LogP contribution in [0.15, 0.2) is 36.4 Å². The van der Waals surface area contributed by atoms with Crippen LogP contribution in [0.1, 0.15) is 31.1 Å². The SMILES string of the molecule is CCOc1cc(C(=O)NNC(=O)Nc2cccc(Cl)c2)cc(OCC)c1OCC. The van der Waals surface area contributed by atoms with Gasteiger partial charge in [-0.15, -0.1) is 0 Å². The van der Waals surface area contributed by atoms with E-state index in [2.05, 4.69) is 16.2 Å². The molecule has 29 heavy (non-hydrogen) atoms. The molecule has 0 aliphatic heterocycles. The van der Waals surface area contributed by atoms with Gasteiger partial charge in [-0.25, -0.2) is 10.2 Å². The molecular weight excluding hydrogens is 398 g/mol. The fourth-order valence-electron chi connectivity index (χ4n) is 2.43. The Morgan fingerprint density at radius 3 is 2.07 bits per heavy atom. The molecule has 3 N–H and O–H groups in total. The van der Waals surface area contributed by atoms with Crippen molar-refractivity contribution in [1.29, 1.82) is 0 Å². The summed E-state index contributed by atoms with van der Waals surface area (Å²) >= 11 is 5.88. The van der Waals surface area contributed by atoms with Crippen molar-refractivity contribution in [2.24, 2.45) is 0 Å². The Labute approximate surface area is 174 Å². The van der Waals surface area contributed by atoms with Crippen LogP contribution in [0.5, 0.6) is 17.2 Å². The topological polar surface area (TPSA) is 97.9 Å². The maximum atomic E-state index is 12.5. The van der Waals surface area contributed by atoms with Gasteiger partial charge in [0, 0.05) is 16.3 Å². The van der Waals surface area contributed by atoms with Crippen LogP contribution in [0.25, 0.3) is 0 Å². The molecule has 8 nitrogen and oxygen atoms in total. The zero-order valence-electron chi connectivity index (χ0n) is 16.5. The highest BCUT2D eigenvalue weighted by Gasteiger charge is 2.18. The molecule has 9 heteroatoms. The van der Waals surface area contributed by atoms with Gasteiger partial charge in [-0.3, -0.25) is 10.2 Å². The second-order valence-corrected chi connectivity index (χ2v) is 6.08. The Kier molecular flexibility index (Phi) is 8.42. The molecule has 0 radical (unpaired) electrons. The van der Waals surface area contributed by atoms with E-state index in [0.29, 0.717) is 47.8 Å². The first kappa shape index (κ1) is 22.2. The maximum absolute atomic E-state index is 12.5. The van der Waals surface area contributed by atoms with E-state index in [-0.39, 0.29) is 5.56 Å². The summed E-state index contributed by atoms with van der Waals surface area (Å²) in [5.41, 5.74) is 5.35. The van der Waals surface area contributed by atoms with Crippen molar-refractivity contribution in [2.75, 3.05) is 25.1 Å². The van der Waals surface area contributed by atoms with Crippen LogP contribution in [0, 0.1) is 0 Å². The lowest BCUT2D eigenvalue weighted by molar-refractivity contribution is 0.0936. The lowest BCUT2D eigenvalue weighted by Crippen LogP contribution is -2.43. The van der Waals surface area contributed by atoms with Gasteiger partial charge in [0.15, 0.2) is 11.5 Å². The highest BCUT2D eigenvalue weighted by atomic mass is 35.5. The van der Waals surface area contributed by atoms with Gasteiger partial charge in [-0.05, 0) is 51.1 Å². The predicted octanol–water partition coefficient (Wildman–Crippen LogP) is 4.00. The number of amides is 3. The Morgan fingerprint density at radius 1 is 0.897 bits per heavy atom. The third-order valence-electron chi connectivity index (χ3n) is 3.54. The summed E-state index contributed by atoms with van der Waals surface area (Å²) < 4.78 is 16.8. The van der Waals surface area contributed by atoms with E-state index in [0.717, 1.165) is 0 Å². The minimum absolute atomic E-state index is 0.239. The molecule has 0 aromatic heterocycles. The number of benzene rings is 2. The van der Waals surface area contributed by atoms with Gasteiger partial charge >= 0.3 is 6.03 Å². The average molecular weight is 422 g/mol. The van der Waals surface area contributed by atoms with E-state index in [4.69, 9.17) is 25.8 Å². The molecule has 0 aliphatic rings.